The van der Waals surface area contributed by atoms with E-state index < -0.39 is 0 Å². The number of unbranched alkanes of at least 4 members (excludes halogenated alkanes) is 5. The molecule has 0 radical (unpaired) electrons. The molecule has 1 heterocycles. The molecule has 1 N–H and O–H groups in total. The van der Waals surface area contributed by atoms with Gasteiger partial charge in [0.15, 0.2) is 0 Å². The monoisotopic (exact) mass is 697 g/mol. The summed E-state index contributed by atoms with van der Waals surface area (Å²) in [5.41, 5.74) is 0.258. The number of rotatable bonds is 18. The summed E-state index contributed by atoms with van der Waals surface area (Å²) in [6.07, 6.45) is 19.9. The third-order valence-corrected chi connectivity index (χ3v) is 10.8. The van der Waals surface area contributed by atoms with Crippen LogP contribution in [0.4, 0.5) is 0 Å². The number of amides is 1. The van der Waals surface area contributed by atoms with E-state index >= 15 is 0 Å². The highest BCUT2D eigenvalue weighted by molar-refractivity contribution is 5.87. The molecule has 0 spiro atoms. The third kappa shape index (κ3) is 14.8. The molecule has 2 saturated carbocycles. The summed E-state index contributed by atoms with van der Waals surface area (Å²) >= 11 is 0. The van der Waals surface area contributed by atoms with Gasteiger partial charge < -0.3 is 24.3 Å². The normalized spacial score (nSPS) is 23.2. The molecule has 4 rings (SSSR count). The molecule has 0 aromatic heterocycles. The Morgan fingerprint density at radius 3 is 2.12 bits per heavy atom. The lowest BCUT2D eigenvalue weighted by Crippen LogP contribution is -2.45. The highest BCUT2D eigenvalue weighted by Crippen LogP contribution is 2.39. The van der Waals surface area contributed by atoms with Crippen molar-refractivity contribution in [2.75, 3.05) is 13.2 Å². The summed E-state index contributed by atoms with van der Waals surface area (Å²) in [4.78, 5) is 36.4. The van der Waals surface area contributed by atoms with Crippen molar-refractivity contribution >= 4 is 23.9 Å². The van der Waals surface area contributed by atoms with Crippen LogP contribution in [0.5, 0.6) is 5.75 Å². The van der Waals surface area contributed by atoms with Crippen molar-refractivity contribution < 1.29 is 33.3 Å². The topological polar surface area (TPSA) is 103 Å². The summed E-state index contributed by atoms with van der Waals surface area (Å²) in [7, 11) is 0. The second kappa shape index (κ2) is 20.8. The standard InChI is InChI=1S/C29H45NO4.C13H22O3/c1-5-7-8-9-10-11-22-33-25-17-12-23(13-18-25)14-21-27(31)34-26-19-15-24(16-20-26)30-28(32)29(3,4)6-2;1-4-13(2,3)12(14)15-8-9-5-6-10-11(7-9)16-10/h12-14,17-18,21,24,26H,5-11,15-16,19-20,22H2,1-4H3,(H,30,32);9-11H,4-8H2,1-3H3/b21-14+;. The van der Waals surface area contributed by atoms with Crippen molar-refractivity contribution in [2.24, 2.45) is 16.7 Å². The Kier molecular flexibility index (Phi) is 17.3. The van der Waals surface area contributed by atoms with Gasteiger partial charge in [0, 0.05) is 17.5 Å². The molecule has 1 aromatic rings. The van der Waals surface area contributed by atoms with Crippen molar-refractivity contribution in [3.63, 3.8) is 0 Å². The maximum Gasteiger partial charge on any atom is 0.331 e. The van der Waals surface area contributed by atoms with Crippen LogP contribution in [0.15, 0.2) is 30.3 Å². The fourth-order valence-corrected chi connectivity index (χ4v) is 6.15. The molecule has 1 amide bonds. The highest BCUT2D eigenvalue weighted by Gasteiger charge is 2.44. The number of hydrogen-bond donors (Lipinski definition) is 1. The zero-order valence-electron chi connectivity index (χ0n) is 32.2. The molecule has 3 aliphatic rings. The van der Waals surface area contributed by atoms with E-state index in [0.717, 1.165) is 82.1 Å². The van der Waals surface area contributed by atoms with Crippen LogP contribution < -0.4 is 10.1 Å². The summed E-state index contributed by atoms with van der Waals surface area (Å²) in [5, 5.41) is 3.16. The number of ether oxygens (including phenoxy) is 4. The molecule has 1 saturated heterocycles. The Balaban J connectivity index is 0.000000349. The Morgan fingerprint density at radius 1 is 0.820 bits per heavy atom. The fraction of sp³-hybridized carbons (Fsp3) is 0.738. The van der Waals surface area contributed by atoms with Crippen molar-refractivity contribution in [1.29, 1.82) is 0 Å². The first-order valence-electron chi connectivity index (χ1n) is 19.6. The van der Waals surface area contributed by atoms with Crippen molar-refractivity contribution in [3.8, 4) is 5.75 Å². The zero-order valence-corrected chi connectivity index (χ0v) is 32.2. The minimum atomic E-state index is -0.341. The zero-order chi connectivity index (χ0) is 36.6. The lowest BCUT2D eigenvalue weighted by molar-refractivity contribution is -0.155. The lowest BCUT2D eigenvalue weighted by Gasteiger charge is -2.31. The smallest absolute Gasteiger partial charge is 0.331 e. The van der Waals surface area contributed by atoms with Gasteiger partial charge in [0.2, 0.25) is 5.91 Å². The quantitative estimate of drug-likeness (QED) is 0.0706. The van der Waals surface area contributed by atoms with E-state index in [-0.39, 0.29) is 40.8 Å². The minimum Gasteiger partial charge on any atom is -0.494 e. The molecule has 0 bridgehead atoms. The van der Waals surface area contributed by atoms with E-state index in [1.807, 2.05) is 65.8 Å². The number of epoxide rings is 1. The van der Waals surface area contributed by atoms with E-state index in [4.69, 9.17) is 18.9 Å². The van der Waals surface area contributed by atoms with Gasteiger partial charge in [0.05, 0.1) is 30.8 Å². The van der Waals surface area contributed by atoms with Crippen molar-refractivity contribution in [1.82, 2.24) is 5.32 Å². The molecule has 3 atom stereocenters. The van der Waals surface area contributed by atoms with Crippen LogP contribution >= 0.6 is 0 Å². The fourth-order valence-electron chi connectivity index (χ4n) is 6.15. The molecule has 1 aromatic carbocycles. The predicted octanol–water partition coefficient (Wildman–Crippen LogP) is 9.38. The van der Waals surface area contributed by atoms with Gasteiger partial charge in [-0.2, -0.15) is 0 Å². The highest BCUT2D eigenvalue weighted by atomic mass is 16.6. The minimum absolute atomic E-state index is 0.0613. The number of carbonyl (C=O) groups excluding carboxylic acids is 3. The Bertz CT molecular complexity index is 1200. The van der Waals surface area contributed by atoms with Gasteiger partial charge in [-0.05, 0) is 108 Å². The number of carbonyl (C=O) groups is 3. The largest absolute Gasteiger partial charge is 0.494 e. The lowest BCUT2D eigenvalue weighted by atomic mass is 9.87. The van der Waals surface area contributed by atoms with Crippen molar-refractivity contribution in [2.45, 2.75) is 169 Å². The first-order valence-corrected chi connectivity index (χ1v) is 19.6. The third-order valence-electron chi connectivity index (χ3n) is 10.8. The van der Waals surface area contributed by atoms with Crippen LogP contribution in [0.25, 0.3) is 6.08 Å². The number of fused-ring (bicyclic) bond motifs is 1. The van der Waals surface area contributed by atoms with Gasteiger partial charge in [-0.25, -0.2) is 4.79 Å². The van der Waals surface area contributed by atoms with Gasteiger partial charge in [-0.1, -0.05) is 78.9 Å². The van der Waals surface area contributed by atoms with Crippen LogP contribution in [0.1, 0.15) is 150 Å². The number of esters is 2. The average Bonchev–Trinajstić information content (AvgIpc) is 3.90. The average molecular weight is 698 g/mol. The number of nitrogens with one attached hydrogen (secondary N) is 1. The Morgan fingerprint density at radius 2 is 1.48 bits per heavy atom. The molecule has 282 valence electrons. The molecule has 3 fully saturated rings. The summed E-state index contributed by atoms with van der Waals surface area (Å²) in [6.45, 7) is 15.4. The molecule has 1 aliphatic heterocycles. The predicted molar refractivity (Wildman–Crippen MR) is 200 cm³/mol. The van der Waals surface area contributed by atoms with Crippen LogP contribution in [0.2, 0.25) is 0 Å². The van der Waals surface area contributed by atoms with E-state index in [1.54, 1.807) is 6.08 Å². The van der Waals surface area contributed by atoms with E-state index in [2.05, 4.69) is 12.2 Å². The second-order valence-corrected chi connectivity index (χ2v) is 15.9. The number of benzene rings is 1. The van der Waals surface area contributed by atoms with Crippen molar-refractivity contribution in [3.05, 3.63) is 35.9 Å². The molecule has 8 heteroatoms. The van der Waals surface area contributed by atoms with Gasteiger partial charge in [-0.3, -0.25) is 9.59 Å². The molecule has 3 unspecified atom stereocenters. The van der Waals surface area contributed by atoms with E-state index in [1.165, 1.54) is 38.2 Å². The van der Waals surface area contributed by atoms with E-state index in [0.29, 0.717) is 24.7 Å². The summed E-state index contributed by atoms with van der Waals surface area (Å²) < 4.78 is 22.3. The molecular formula is C42H67NO7. The van der Waals surface area contributed by atoms with Crippen LogP contribution in [0.3, 0.4) is 0 Å². The maximum absolute atomic E-state index is 12.4. The van der Waals surface area contributed by atoms with Gasteiger partial charge >= 0.3 is 11.9 Å². The van der Waals surface area contributed by atoms with Crippen LogP contribution in [-0.2, 0) is 28.6 Å². The van der Waals surface area contributed by atoms with Crippen LogP contribution in [-0.4, -0.2) is 55.4 Å². The Hall–Kier alpha value is -2.87. The SMILES string of the molecule is CCC(C)(C)C(=O)OCC1CCC2OC2C1.CCCCCCCCOc1ccc(/C=C/C(=O)OC2CCC(NC(=O)C(C)(C)CC)CC2)cc1. The van der Waals surface area contributed by atoms with Crippen LogP contribution in [0, 0.1) is 16.7 Å². The maximum atomic E-state index is 12.4. The first-order chi connectivity index (χ1) is 23.9. The first kappa shape index (κ1) is 41.5. The molecular weight excluding hydrogens is 630 g/mol. The number of hydrogen-bond acceptors (Lipinski definition) is 7. The summed E-state index contributed by atoms with van der Waals surface area (Å²) in [6, 6.07) is 7.96. The summed E-state index contributed by atoms with van der Waals surface area (Å²) in [5.74, 6) is 1.11. The van der Waals surface area contributed by atoms with Gasteiger partial charge in [-0.15, -0.1) is 0 Å². The molecule has 50 heavy (non-hydrogen) atoms. The molecule has 2 aliphatic carbocycles. The van der Waals surface area contributed by atoms with E-state index in [9.17, 15) is 14.4 Å². The Labute approximate surface area is 302 Å². The van der Waals surface area contributed by atoms with Gasteiger partial charge in [0.1, 0.15) is 11.9 Å². The van der Waals surface area contributed by atoms with Gasteiger partial charge in [0.25, 0.3) is 0 Å². The molecule has 8 nitrogen and oxygen atoms in total. The second-order valence-electron chi connectivity index (χ2n) is 15.9.